The maximum Gasteiger partial charge on any atom is 0.573 e. The molecule has 1 amide bonds. The number of rotatable bonds is 6. The largest absolute Gasteiger partial charge is 0.573 e. The van der Waals surface area contributed by atoms with E-state index in [-0.39, 0.29) is 16.8 Å². The van der Waals surface area contributed by atoms with Gasteiger partial charge < -0.3 is 14.1 Å². The molecule has 1 aromatic heterocycles. The van der Waals surface area contributed by atoms with Crippen LogP contribution in [0.2, 0.25) is 0 Å². The first kappa shape index (κ1) is 22.3. The highest BCUT2D eigenvalue weighted by Gasteiger charge is 2.31. The summed E-state index contributed by atoms with van der Waals surface area (Å²) in [6.07, 6.45) is -4.81. The summed E-state index contributed by atoms with van der Waals surface area (Å²) in [5.41, 5.74) is 1.46. The van der Waals surface area contributed by atoms with Gasteiger partial charge in [-0.3, -0.25) is 9.36 Å². The van der Waals surface area contributed by atoms with Gasteiger partial charge in [0.2, 0.25) is 5.91 Å². The Morgan fingerprint density at radius 1 is 1.06 bits per heavy atom. The van der Waals surface area contributed by atoms with Crippen LogP contribution in [0.3, 0.4) is 0 Å². The summed E-state index contributed by atoms with van der Waals surface area (Å²) < 4.78 is 73.1. The van der Waals surface area contributed by atoms with Crippen LogP contribution in [0.25, 0.3) is 22.2 Å². The van der Waals surface area contributed by atoms with Gasteiger partial charge in [0, 0.05) is 14.0 Å². The molecule has 166 valence electrons. The van der Waals surface area contributed by atoms with E-state index in [1.807, 2.05) is 0 Å². The standard InChI is InChI=1S/C20H17F5N2O4/c1-19(21,22)11-26(2)17(28)10-27-15-9-13(5-8-16(15)30-18(27)29)12-3-6-14(7-4-12)31-20(23,24)25/h3-9H,10-11H2,1-2H3. The molecule has 0 aliphatic rings. The molecule has 2 aromatic carbocycles. The predicted octanol–water partition coefficient (Wildman–Crippen LogP) is 4.27. The van der Waals surface area contributed by atoms with Gasteiger partial charge in [-0.25, -0.2) is 13.6 Å². The number of benzene rings is 2. The predicted molar refractivity (Wildman–Crippen MR) is 101 cm³/mol. The number of aromatic nitrogens is 1. The van der Waals surface area contributed by atoms with Gasteiger partial charge in [-0.1, -0.05) is 18.2 Å². The molecule has 0 fully saturated rings. The topological polar surface area (TPSA) is 64.7 Å². The van der Waals surface area contributed by atoms with Crippen LogP contribution in [0.4, 0.5) is 22.0 Å². The molecule has 0 atom stereocenters. The third kappa shape index (κ3) is 5.62. The second-order valence-corrected chi connectivity index (χ2v) is 7.03. The Hall–Kier alpha value is -3.37. The van der Waals surface area contributed by atoms with E-state index >= 15 is 0 Å². The molecule has 3 aromatic rings. The first-order valence-corrected chi connectivity index (χ1v) is 8.94. The molecule has 0 radical (unpaired) electrons. The van der Waals surface area contributed by atoms with E-state index in [1.54, 1.807) is 6.07 Å². The summed E-state index contributed by atoms with van der Waals surface area (Å²) >= 11 is 0. The van der Waals surface area contributed by atoms with Crippen molar-refractivity contribution in [1.82, 2.24) is 9.47 Å². The van der Waals surface area contributed by atoms with Crippen LogP contribution in [0.5, 0.6) is 5.75 Å². The number of halogens is 5. The van der Waals surface area contributed by atoms with Crippen LogP contribution in [0, 0.1) is 0 Å². The minimum atomic E-state index is -4.81. The first-order chi connectivity index (χ1) is 14.3. The minimum absolute atomic E-state index is 0.169. The Labute approximate surface area is 172 Å². The second kappa shape index (κ2) is 8.05. The number of likely N-dealkylation sites (N-methyl/N-ethyl adjacent to an activating group) is 1. The zero-order valence-corrected chi connectivity index (χ0v) is 16.4. The summed E-state index contributed by atoms with van der Waals surface area (Å²) in [5, 5.41) is 0. The van der Waals surface area contributed by atoms with Crippen molar-refractivity contribution in [3.05, 3.63) is 53.0 Å². The van der Waals surface area contributed by atoms with Crippen molar-refractivity contribution in [3.8, 4) is 16.9 Å². The Balaban J connectivity index is 1.89. The first-order valence-electron chi connectivity index (χ1n) is 8.94. The lowest BCUT2D eigenvalue weighted by molar-refractivity contribution is -0.274. The van der Waals surface area contributed by atoms with Gasteiger partial charge in [0.25, 0.3) is 5.92 Å². The summed E-state index contributed by atoms with van der Waals surface area (Å²) in [6.45, 7) is -0.651. The molecule has 0 spiro atoms. The zero-order chi connectivity index (χ0) is 23.0. The fourth-order valence-corrected chi connectivity index (χ4v) is 3.00. The Morgan fingerprint density at radius 2 is 1.68 bits per heavy atom. The molecule has 3 rings (SSSR count). The number of hydrogen-bond acceptors (Lipinski definition) is 4. The third-order valence-corrected chi connectivity index (χ3v) is 4.32. The monoisotopic (exact) mass is 444 g/mol. The number of alkyl halides is 5. The molecular formula is C20H17F5N2O4. The summed E-state index contributed by atoms with van der Waals surface area (Å²) in [6, 6.07) is 9.64. The van der Waals surface area contributed by atoms with Gasteiger partial charge in [-0.2, -0.15) is 0 Å². The van der Waals surface area contributed by atoms with Crippen molar-refractivity contribution in [1.29, 1.82) is 0 Å². The van der Waals surface area contributed by atoms with Crippen LogP contribution in [0.15, 0.2) is 51.7 Å². The van der Waals surface area contributed by atoms with Gasteiger partial charge in [0.05, 0.1) is 12.1 Å². The SMILES string of the molecule is CN(CC(C)(F)F)C(=O)Cn1c(=O)oc2ccc(-c3ccc(OC(F)(F)F)cc3)cc21. The number of oxazole rings is 1. The van der Waals surface area contributed by atoms with Crippen LogP contribution in [-0.2, 0) is 11.3 Å². The average molecular weight is 444 g/mol. The molecule has 31 heavy (non-hydrogen) atoms. The summed E-state index contributed by atoms with van der Waals surface area (Å²) in [7, 11) is 1.20. The molecule has 0 bridgehead atoms. The zero-order valence-electron chi connectivity index (χ0n) is 16.4. The molecule has 0 saturated carbocycles. The van der Waals surface area contributed by atoms with Crippen LogP contribution >= 0.6 is 0 Å². The fraction of sp³-hybridized carbons (Fsp3) is 0.300. The summed E-state index contributed by atoms with van der Waals surface area (Å²) in [5.74, 6) is -5.04. The lowest BCUT2D eigenvalue weighted by Crippen LogP contribution is -2.39. The number of nitrogens with zero attached hydrogens (tertiary/aromatic N) is 2. The van der Waals surface area contributed by atoms with Crippen molar-refractivity contribution in [2.45, 2.75) is 25.8 Å². The molecule has 6 nitrogen and oxygen atoms in total. The van der Waals surface area contributed by atoms with Gasteiger partial charge in [-0.05, 0) is 35.4 Å². The Kier molecular flexibility index (Phi) is 5.79. The van der Waals surface area contributed by atoms with Gasteiger partial charge >= 0.3 is 12.1 Å². The molecule has 1 heterocycles. The van der Waals surface area contributed by atoms with Crippen molar-refractivity contribution in [3.63, 3.8) is 0 Å². The molecule has 11 heteroatoms. The summed E-state index contributed by atoms with van der Waals surface area (Å²) in [4.78, 5) is 25.3. The van der Waals surface area contributed by atoms with Gasteiger partial charge in [0.1, 0.15) is 12.3 Å². The van der Waals surface area contributed by atoms with E-state index in [0.717, 1.165) is 21.6 Å². The highest BCUT2D eigenvalue weighted by molar-refractivity contribution is 5.83. The number of hydrogen-bond donors (Lipinski definition) is 0. The third-order valence-electron chi connectivity index (χ3n) is 4.32. The van der Waals surface area contributed by atoms with Crippen LogP contribution < -0.4 is 10.5 Å². The quantitative estimate of drug-likeness (QED) is 0.533. The normalized spacial score (nSPS) is 12.2. The highest BCUT2D eigenvalue weighted by Crippen LogP contribution is 2.28. The van der Waals surface area contributed by atoms with Crippen molar-refractivity contribution < 1.29 is 35.9 Å². The van der Waals surface area contributed by atoms with Crippen LogP contribution in [0.1, 0.15) is 6.92 Å². The lowest BCUT2D eigenvalue weighted by Gasteiger charge is -2.21. The van der Waals surface area contributed by atoms with Crippen molar-refractivity contribution >= 4 is 17.0 Å². The number of carbonyl (C=O) groups excluding carboxylic acids is 1. The number of fused-ring (bicyclic) bond motifs is 1. The van der Waals surface area contributed by atoms with Gasteiger partial charge in [0.15, 0.2) is 5.58 Å². The van der Waals surface area contributed by atoms with Crippen molar-refractivity contribution in [2.75, 3.05) is 13.6 Å². The second-order valence-electron chi connectivity index (χ2n) is 7.03. The number of ether oxygens (including phenoxy) is 1. The molecule has 0 aliphatic heterocycles. The maximum absolute atomic E-state index is 13.2. The smallest absolute Gasteiger partial charge is 0.408 e. The Bertz CT molecular complexity index is 1140. The number of amides is 1. The number of carbonyl (C=O) groups is 1. The van der Waals surface area contributed by atoms with Gasteiger partial charge in [-0.15, -0.1) is 13.2 Å². The molecule has 0 saturated heterocycles. The lowest BCUT2D eigenvalue weighted by atomic mass is 10.1. The van der Waals surface area contributed by atoms with E-state index in [9.17, 15) is 31.5 Å². The van der Waals surface area contributed by atoms with E-state index < -0.39 is 37.0 Å². The molecule has 0 unspecified atom stereocenters. The Morgan fingerprint density at radius 3 is 2.26 bits per heavy atom. The maximum atomic E-state index is 13.2. The molecular weight excluding hydrogens is 427 g/mol. The van der Waals surface area contributed by atoms with Crippen LogP contribution in [-0.4, -0.2) is 41.3 Å². The molecule has 0 N–H and O–H groups in total. The minimum Gasteiger partial charge on any atom is -0.408 e. The van der Waals surface area contributed by atoms with E-state index in [0.29, 0.717) is 18.1 Å². The average Bonchev–Trinajstić information content (AvgIpc) is 2.94. The molecule has 0 aliphatic carbocycles. The van der Waals surface area contributed by atoms with E-state index in [4.69, 9.17) is 4.42 Å². The van der Waals surface area contributed by atoms with E-state index in [2.05, 4.69) is 4.74 Å². The fourth-order valence-electron chi connectivity index (χ4n) is 3.00. The van der Waals surface area contributed by atoms with E-state index in [1.165, 1.54) is 31.3 Å². The van der Waals surface area contributed by atoms with Crippen molar-refractivity contribution in [2.24, 2.45) is 0 Å². The highest BCUT2D eigenvalue weighted by atomic mass is 19.4.